The van der Waals surface area contributed by atoms with Crippen LogP contribution >= 0.6 is 0 Å². The van der Waals surface area contributed by atoms with Gasteiger partial charge in [-0.3, -0.25) is 0 Å². The minimum absolute atomic E-state index is 0.377. The normalized spacial score (nSPS) is 18.0. The van der Waals surface area contributed by atoms with Gasteiger partial charge < -0.3 is 4.74 Å². The molecule has 2 rings (SSSR count). The Labute approximate surface area is 71.8 Å². The van der Waals surface area contributed by atoms with Crippen molar-refractivity contribution >= 4 is 0 Å². The topological polar surface area (TPSA) is 35.0 Å². The third-order valence-corrected chi connectivity index (χ3v) is 2.14. The Morgan fingerprint density at radius 3 is 2.83 bits per heavy atom. The van der Waals surface area contributed by atoms with E-state index in [0.717, 1.165) is 12.8 Å². The minimum atomic E-state index is 0.377. The molecule has 1 aliphatic rings. The Balaban J connectivity index is 1.94. The van der Waals surface area contributed by atoms with Crippen LogP contribution in [-0.4, -0.2) is 16.3 Å². The van der Waals surface area contributed by atoms with E-state index >= 15 is 0 Å². The number of aromatic nitrogens is 2. The van der Waals surface area contributed by atoms with Crippen molar-refractivity contribution in [1.29, 1.82) is 0 Å². The molecule has 0 saturated heterocycles. The van der Waals surface area contributed by atoms with Crippen molar-refractivity contribution in [1.82, 2.24) is 10.2 Å². The van der Waals surface area contributed by atoms with Crippen LogP contribution in [0.5, 0.6) is 5.88 Å². The summed E-state index contributed by atoms with van der Waals surface area (Å²) in [5.74, 6) is 0.657. The van der Waals surface area contributed by atoms with Crippen LogP contribution in [0.4, 0.5) is 0 Å². The van der Waals surface area contributed by atoms with E-state index < -0.39 is 0 Å². The number of ether oxygens (including phenoxy) is 1. The van der Waals surface area contributed by atoms with Crippen LogP contribution in [0.25, 0.3) is 0 Å². The molecule has 0 amide bonds. The van der Waals surface area contributed by atoms with Crippen LogP contribution in [0, 0.1) is 0 Å². The maximum atomic E-state index is 5.60. The Kier molecular flexibility index (Phi) is 2.21. The van der Waals surface area contributed by atoms with Crippen LogP contribution in [0.2, 0.25) is 0 Å². The third-order valence-electron chi connectivity index (χ3n) is 2.14. The lowest BCUT2D eigenvalue weighted by Gasteiger charge is -2.10. The van der Waals surface area contributed by atoms with E-state index in [1.807, 2.05) is 12.1 Å². The largest absolute Gasteiger partial charge is 0.473 e. The van der Waals surface area contributed by atoms with E-state index in [1.165, 1.54) is 12.8 Å². The first-order valence-corrected chi connectivity index (χ1v) is 4.39. The molecule has 0 spiro atoms. The van der Waals surface area contributed by atoms with Gasteiger partial charge >= 0.3 is 0 Å². The van der Waals surface area contributed by atoms with E-state index in [1.54, 1.807) is 6.20 Å². The molecule has 0 aliphatic heterocycles. The highest BCUT2D eigenvalue weighted by molar-refractivity contribution is 5.05. The summed E-state index contributed by atoms with van der Waals surface area (Å²) in [4.78, 5) is 0. The van der Waals surface area contributed by atoms with Crippen molar-refractivity contribution < 1.29 is 4.74 Å². The summed E-state index contributed by atoms with van der Waals surface area (Å²) in [6.45, 7) is 0. The second-order valence-corrected chi connectivity index (χ2v) is 3.09. The molecule has 1 saturated carbocycles. The van der Waals surface area contributed by atoms with Crippen LogP contribution in [0.1, 0.15) is 25.7 Å². The van der Waals surface area contributed by atoms with Gasteiger partial charge in [0.15, 0.2) is 0 Å². The molecule has 3 heteroatoms. The molecule has 0 atom stereocenters. The predicted molar refractivity (Wildman–Crippen MR) is 44.9 cm³/mol. The van der Waals surface area contributed by atoms with E-state index in [0.29, 0.717) is 12.0 Å². The van der Waals surface area contributed by atoms with Crippen molar-refractivity contribution in [3.63, 3.8) is 0 Å². The standard InChI is InChI=1S/C9H12N2O/c1-2-5-8(4-1)12-9-6-3-7-10-11-9/h3,6-8H,1-2,4-5H2. The first-order valence-electron chi connectivity index (χ1n) is 4.39. The van der Waals surface area contributed by atoms with Crippen molar-refractivity contribution in [2.45, 2.75) is 31.8 Å². The molecule has 0 aromatic carbocycles. The van der Waals surface area contributed by atoms with Gasteiger partial charge in [0.05, 0.1) is 0 Å². The molecule has 0 unspecified atom stereocenters. The number of hydrogen-bond donors (Lipinski definition) is 0. The average Bonchev–Trinajstić information content (AvgIpc) is 2.59. The quantitative estimate of drug-likeness (QED) is 0.668. The van der Waals surface area contributed by atoms with Gasteiger partial charge in [0.1, 0.15) is 6.10 Å². The van der Waals surface area contributed by atoms with Crippen LogP contribution < -0.4 is 4.74 Å². The summed E-state index contributed by atoms with van der Waals surface area (Å²) in [6, 6.07) is 3.70. The number of rotatable bonds is 2. The summed E-state index contributed by atoms with van der Waals surface area (Å²) in [6.07, 6.45) is 6.92. The predicted octanol–water partition coefficient (Wildman–Crippen LogP) is 1.80. The molecular formula is C9H12N2O. The Morgan fingerprint density at radius 2 is 2.17 bits per heavy atom. The van der Waals surface area contributed by atoms with Gasteiger partial charge in [0, 0.05) is 12.3 Å². The highest BCUT2D eigenvalue weighted by Gasteiger charge is 2.16. The lowest BCUT2D eigenvalue weighted by Crippen LogP contribution is -2.11. The monoisotopic (exact) mass is 164 g/mol. The third kappa shape index (κ3) is 1.72. The van der Waals surface area contributed by atoms with Crippen molar-refractivity contribution in [3.05, 3.63) is 18.3 Å². The van der Waals surface area contributed by atoms with E-state index in [-0.39, 0.29) is 0 Å². The fraction of sp³-hybridized carbons (Fsp3) is 0.556. The van der Waals surface area contributed by atoms with E-state index in [4.69, 9.17) is 4.74 Å². The van der Waals surface area contributed by atoms with E-state index in [2.05, 4.69) is 10.2 Å². The Hall–Kier alpha value is -1.12. The molecule has 1 aromatic heterocycles. The Morgan fingerprint density at radius 1 is 1.33 bits per heavy atom. The zero-order valence-corrected chi connectivity index (χ0v) is 6.94. The van der Waals surface area contributed by atoms with Gasteiger partial charge in [-0.15, -0.1) is 5.10 Å². The van der Waals surface area contributed by atoms with Crippen molar-refractivity contribution in [3.8, 4) is 5.88 Å². The molecule has 12 heavy (non-hydrogen) atoms. The number of nitrogens with zero attached hydrogens (tertiary/aromatic N) is 2. The molecular weight excluding hydrogens is 152 g/mol. The molecule has 3 nitrogen and oxygen atoms in total. The molecule has 1 aromatic rings. The molecule has 64 valence electrons. The van der Waals surface area contributed by atoms with Gasteiger partial charge in [-0.25, -0.2) is 0 Å². The fourth-order valence-corrected chi connectivity index (χ4v) is 1.53. The van der Waals surface area contributed by atoms with Gasteiger partial charge in [0.2, 0.25) is 5.88 Å². The van der Waals surface area contributed by atoms with Crippen molar-refractivity contribution in [2.24, 2.45) is 0 Å². The highest BCUT2D eigenvalue weighted by atomic mass is 16.5. The lowest BCUT2D eigenvalue weighted by molar-refractivity contribution is 0.199. The van der Waals surface area contributed by atoms with Gasteiger partial charge in [0.25, 0.3) is 0 Å². The lowest BCUT2D eigenvalue weighted by atomic mass is 10.3. The highest BCUT2D eigenvalue weighted by Crippen LogP contribution is 2.22. The molecule has 0 bridgehead atoms. The maximum Gasteiger partial charge on any atom is 0.233 e. The van der Waals surface area contributed by atoms with Crippen molar-refractivity contribution in [2.75, 3.05) is 0 Å². The summed E-state index contributed by atoms with van der Waals surface area (Å²) >= 11 is 0. The minimum Gasteiger partial charge on any atom is -0.473 e. The Bertz CT molecular complexity index is 232. The van der Waals surface area contributed by atoms with Crippen LogP contribution in [0.15, 0.2) is 18.3 Å². The second kappa shape index (κ2) is 3.52. The van der Waals surface area contributed by atoms with Crippen LogP contribution in [-0.2, 0) is 0 Å². The summed E-state index contributed by atoms with van der Waals surface area (Å²) < 4.78 is 5.60. The van der Waals surface area contributed by atoms with Crippen LogP contribution in [0.3, 0.4) is 0 Å². The second-order valence-electron chi connectivity index (χ2n) is 3.09. The molecule has 0 N–H and O–H groups in total. The smallest absolute Gasteiger partial charge is 0.233 e. The first-order chi connectivity index (χ1) is 5.95. The molecule has 1 fully saturated rings. The van der Waals surface area contributed by atoms with E-state index in [9.17, 15) is 0 Å². The van der Waals surface area contributed by atoms with Gasteiger partial charge in [-0.1, -0.05) is 0 Å². The first kappa shape index (κ1) is 7.53. The zero-order chi connectivity index (χ0) is 8.23. The number of hydrogen-bond acceptors (Lipinski definition) is 3. The fourth-order valence-electron chi connectivity index (χ4n) is 1.53. The maximum absolute atomic E-state index is 5.60. The summed E-state index contributed by atoms with van der Waals surface area (Å²) in [5, 5.41) is 7.62. The SMILES string of the molecule is c1cnnc(OC2CCCC2)c1. The van der Waals surface area contributed by atoms with Gasteiger partial charge in [-0.2, -0.15) is 5.10 Å². The summed E-state index contributed by atoms with van der Waals surface area (Å²) in [5.41, 5.74) is 0. The molecule has 0 radical (unpaired) electrons. The zero-order valence-electron chi connectivity index (χ0n) is 6.94. The molecule has 1 heterocycles. The summed E-state index contributed by atoms with van der Waals surface area (Å²) in [7, 11) is 0. The van der Waals surface area contributed by atoms with Gasteiger partial charge in [-0.05, 0) is 31.7 Å². The molecule has 1 aliphatic carbocycles. The average molecular weight is 164 g/mol.